The Labute approximate surface area is 101 Å². The predicted octanol–water partition coefficient (Wildman–Crippen LogP) is 4.63. The van der Waals surface area contributed by atoms with Crippen molar-refractivity contribution in [3.05, 3.63) is 28.6 Å². The van der Waals surface area contributed by atoms with Gasteiger partial charge in [-0.3, -0.25) is 4.98 Å². The molecular formula is C15H27N. The summed E-state index contributed by atoms with van der Waals surface area (Å²) in [4.78, 5) is 4.42. The van der Waals surface area contributed by atoms with Crippen molar-refractivity contribution in [2.45, 2.75) is 67.2 Å². The van der Waals surface area contributed by atoms with E-state index in [4.69, 9.17) is 0 Å². The Morgan fingerprint density at radius 1 is 1.12 bits per heavy atom. The summed E-state index contributed by atoms with van der Waals surface area (Å²) >= 11 is 0. The van der Waals surface area contributed by atoms with Crippen LogP contribution in [-0.4, -0.2) is 4.98 Å². The van der Waals surface area contributed by atoms with Gasteiger partial charge in [0, 0.05) is 11.9 Å². The van der Waals surface area contributed by atoms with Gasteiger partial charge in [0.1, 0.15) is 0 Å². The fourth-order valence-corrected chi connectivity index (χ4v) is 1.81. The van der Waals surface area contributed by atoms with E-state index in [1.807, 2.05) is 20.0 Å². The van der Waals surface area contributed by atoms with E-state index in [1.165, 1.54) is 36.1 Å². The van der Waals surface area contributed by atoms with Gasteiger partial charge < -0.3 is 0 Å². The number of hydrogen-bond acceptors (Lipinski definition) is 1. The summed E-state index contributed by atoms with van der Waals surface area (Å²) in [6.07, 6.45) is 6.93. The first-order chi connectivity index (χ1) is 7.70. The molecule has 0 N–H and O–H groups in total. The molecule has 0 saturated heterocycles. The summed E-state index contributed by atoms with van der Waals surface area (Å²) in [5.41, 5.74) is 5.56. The Bertz CT molecular complexity index is 303. The molecule has 0 saturated carbocycles. The minimum atomic E-state index is 1.10. The smallest absolute Gasteiger partial charge is 0.0404 e. The number of aryl methyl sites for hydroxylation is 2. The minimum Gasteiger partial charge on any atom is -0.261 e. The van der Waals surface area contributed by atoms with Gasteiger partial charge in [-0.2, -0.15) is 0 Å². The van der Waals surface area contributed by atoms with E-state index in [0.29, 0.717) is 0 Å². The zero-order valence-electron chi connectivity index (χ0n) is 11.9. The standard InChI is InChI=1S/C13H21N.C2H6/c1-5-7-8-13-10(3)11(4)14-9-12(13)6-2;1-2/h9H,5-8H2,1-4H3;1-2H3. The van der Waals surface area contributed by atoms with Gasteiger partial charge in [0.15, 0.2) is 0 Å². The Kier molecular flexibility index (Phi) is 7.88. The Balaban J connectivity index is 0.00000106. The molecule has 1 heteroatoms. The van der Waals surface area contributed by atoms with Crippen LogP contribution in [-0.2, 0) is 12.8 Å². The van der Waals surface area contributed by atoms with Gasteiger partial charge in [-0.25, -0.2) is 0 Å². The zero-order chi connectivity index (χ0) is 12.6. The monoisotopic (exact) mass is 221 g/mol. The predicted molar refractivity (Wildman–Crippen MR) is 73.0 cm³/mol. The summed E-state index contributed by atoms with van der Waals surface area (Å²) in [7, 11) is 0. The summed E-state index contributed by atoms with van der Waals surface area (Å²) in [5.74, 6) is 0. The van der Waals surface area contributed by atoms with Crippen molar-refractivity contribution < 1.29 is 0 Å². The lowest BCUT2D eigenvalue weighted by atomic mass is 9.96. The highest BCUT2D eigenvalue weighted by molar-refractivity contribution is 5.35. The van der Waals surface area contributed by atoms with E-state index in [0.717, 1.165) is 6.42 Å². The van der Waals surface area contributed by atoms with E-state index in [-0.39, 0.29) is 0 Å². The molecule has 0 aliphatic carbocycles. The van der Waals surface area contributed by atoms with Gasteiger partial charge in [-0.15, -0.1) is 0 Å². The summed E-state index contributed by atoms with van der Waals surface area (Å²) in [6.45, 7) is 12.8. The van der Waals surface area contributed by atoms with Crippen molar-refractivity contribution in [1.82, 2.24) is 4.98 Å². The van der Waals surface area contributed by atoms with Crippen LogP contribution in [0.5, 0.6) is 0 Å². The van der Waals surface area contributed by atoms with Crippen LogP contribution in [0.2, 0.25) is 0 Å². The average Bonchev–Trinajstić information content (AvgIpc) is 2.33. The molecular weight excluding hydrogens is 194 g/mol. The topological polar surface area (TPSA) is 12.9 Å². The lowest BCUT2D eigenvalue weighted by Crippen LogP contribution is -2.01. The Morgan fingerprint density at radius 3 is 2.25 bits per heavy atom. The molecule has 16 heavy (non-hydrogen) atoms. The maximum Gasteiger partial charge on any atom is 0.0404 e. The van der Waals surface area contributed by atoms with E-state index in [9.17, 15) is 0 Å². The third-order valence-corrected chi connectivity index (χ3v) is 2.96. The number of unbranched alkanes of at least 4 members (excludes halogenated alkanes) is 1. The second-order valence-electron chi connectivity index (χ2n) is 3.93. The molecule has 92 valence electrons. The minimum absolute atomic E-state index is 1.10. The quantitative estimate of drug-likeness (QED) is 0.722. The number of hydrogen-bond donors (Lipinski definition) is 0. The van der Waals surface area contributed by atoms with Crippen LogP contribution < -0.4 is 0 Å². The van der Waals surface area contributed by atoms with Crippen molar-refractivity contribution in [3.8, 4) is 0 Å². The first-order valence-electron chi connectivity index (χ1n) is 6.64. The average molecular weight is 221 g/mol. The maximum absolute atomic E-state index is 4.42. The van der Waals surface area contributed by atoms with Crippen LogP contribution in [0.25, 0.3) is 0 Å². The van der Waals surface area contributed by atoms with Crippen molar-refractivity contribution in [2.75, 3.05) is 0 Å². The van der Waals surface area contributed by atoms with Crippen molar-refractivity contribution in [3.63, 3.8) is 0 Å². The molecule has 0 amide bonds. The van der Waals surface area contributed by atoms with Crippen LogP contribution in [0.1, 0.15) is 62.9 Å². The molecule has 0 aliphatic rings. The highest BCUT2D eigenvalue weighted by Crippen LogP contribution is 2.18. The van der Waals surface area contributed by atoms with Gasteiger partial charge >= 0.3 is 0 Å². The van der Waals surface area contributed by atoms with E-state index < -0.39 is 0 Å². The van der Waals surface area contributed by atoms with Crippen LogP contribution in [0, 0.1) is 13.8 Å². The van der Waals surface area contributed by atoms with Gasteiger partial charge in [-0.05, 0) is 49.8 Å². The summed E-state index contributed by atoms with van der Waals surface area (Å²) in [5, 5.41) is 0. The molecule has 1 rings (SSSR count). The molecule has 1 heterocycles. The van der Waals surface area contributed by atoms with Crippen LogP contribution in [0.15, 0.2) is 6.20 Å². The first-order valence-corrected chi connectivity index (χ1v) is 6.64. The third-order valence-electron chi connectivity index (χ3n) is 2.96. The Morgan fingerprint density at radius 2 is 1.75 bits per heavy atom. The van der Waals surface area contributed by atoms with Crippen molar-refractivity contribution in [2.24, 2.45) is 0 Å². The van der Waals surface area contributed by atoms with E-state index >= 15 is 0 Å². The number of nitrogens with zero attached hydrogens (tertiary/aromatic N) is 1. The highest BCUT2D eigenvalue weighted by Gasteiger charge is 2.06. The van der Waals surface area contributed by atoms with E-state index in [2.05, 4.69) is 32.7 Å². The number of rotatable bonds is 4. The second-order valence-corrected chi connectivity index (χ2v) is 3.93. The zero-order valence-corrected chi connectivity index (χ0v) is 11.9. The maximum atomic E-state index is 4.42. The largest absolute Gasteiger partial charge is 0.261 e. The normalized spacial score (nSPS) is 9.62. The Hall–Kier alpha value is -0.850. The molecule has 0 atom stereocenters. The lowest BCUT2D eigenvalue weighted by Gasteiger charge is -2.12. The fourth-order valence-electron chi connectivity index (χ4n) is 1.81. The van der Waals surface area contributed by atoms with Gasteiger partial charge in [-0.1, -0.05) is 34.1 Å². The van der Waals surface area contributed by atoms with E-state index in [1.54, 1.807) is 5.56 Å². The van der Waals surface area contributed by atoms with Gasteiger partial charge in [0.05, 0.1) is 0 Å². The van der Waals surface area contributed by atoms with Gasteiger partial charge in [0.25, 0.3) is 0 Å². The molecule has 1 aromatic heterocycles. The first kappa shape index (κ1) is 15.2. The molecule has 0 fully saturated rings. The van der Waals surface area contributed by atoms with Crippen LogP contribution >= 0.6 is 0 Å². The molecule has 0 aliphatic heterocycles. The number of pyridine rings is 1. The van der Waals surface area contributed by atoms with Gasteiger partial charge in [0.2, 0.25) is 0 Å². The van der Waals surface area contributed by atoms with Crippen molar-refractivity contribution in [1.29, 1.82) is 0 Å². The van der Waals surface area contributed by atoms with Crippen LogP contribution in [0.3, 0.4) is 0 Å². The van der Waals surface area contributed by atoms with Crippen LogP contribution in [0.4, 0.5) is 0 Å². The lowest BCUT2D eigenvalue weighted by molar-refractivity contribution is 0.778. The molecule has 0 bridgehead atoms. The number of aromatic nitrogens is 1. The molecule has 0 unspecified atom stereocenters. The fraction of sp³-hybridized carbons (Fsp3) is 0.667. The third kappa shape index (κ3) is 3.96. The SMILES string of the molecule is CC.CCCCc1c(CC)cnc(C)c1C. The molecule has 1 aromatic rings. The molecule has 0 radical (unpaired) electrons. The highest BCUT2D eigenvalue weighted by atomic mass is 14.7. The molecule has 0 spiro atoms. The van der Waals surface area contributed by atoms with Crippen molar-refractivity contribution >= 4 is 0 Å². The summed E-state index contributed by atoms with van der Waals surface area (Å²) in [6, 6.07) is 0. The molecule has 0 aromatic carbocycles. The summed E-state index contributed by atoms with van der Waals surface area (Å²) < 4.78 is 0. The molecule has 1 nitrogen and oxygen atoms in total. The second kappa shape index (κ2) is 8.32.